The van der Waals surface area contributed by atoms with Crippen LogP contribution in [0.25, 0.3) is 0 Å². The molecular weight excluding hydrogens is 170 g/mol. The van der Waals surface area contributed by atoms with E-state index in [0.717, 1.165) is 19.4 Å². The molecule has 1 rings (SSSR count). The molecule has 0 aromatic rings. The van der Waals surface area contributed by atoms with Gasteiger partial charge in [0.25, 0.3) is 0 Å². The molecule has 0 aliphatic heterocycles. The van der Waals surface area contributed by atoms with E-state index < -0.39 is 12.0 Å². The van der Waals surface area contributed by atoms with Gasteiger partial charge in [0.15, 0.2) is 0 Å². The van der Waals surface area contributed by atoms with Gasteiger partial charge in [-0.2, -0.15) is 0 Å². The van der Waals surface area contributed by atoms with E-state index in [-0.39, 0.29) is 6.10 Å². The molecule has 4 nitrogen and oxygen atoms in total. The maximum Gasteiger partial charge on any atom is 0.320 e. The molecule has 13 heavy (non-hydrogen) atoms. The number of carbonyl (C=O) groups is 1. The Kier molecular flexibility index (Phi) is 3.27. The zero-order valence-electron chi connectivity index (χ0n) is 8.10. The predicted octanol–water partition coefficient (Wildman–Crippen LogP) is 0.162. The number of aliphatic carboxylic acids is 1. The fraction of sp³-hybridized carbons (Fsp3) is 0.889. The lowest BCUT2D eigenvalue weighted by molar-refractivity contribution is -0.142. The third-order valence-electron chi connectivity index (χ3n) is 2.78. The van der Waals surface area contributed by atoms with Crippen molar-refractivity contribution in [2.45, 2.75) is 31.9 Å². The van der Waals surface area contributed by atoms with E-state index in [1.165, 1.54) is 0 Å². The summed E-state index contributed by atoms with van der Waals surface area (Å²) in [6.07, 6.45) is 1.48. The van der Waals surface area contributed by atoms with E-state index in [1.54, 1.807) is 6.92 Å². The predicted molar refractivity (Wildman–Crippen MR) is 48.5 cm³/mol. The molecule has 0 amide bonds. The number of aliphatic hydroxyl groups excluding tert-OH is 1. The molecule has 1 aliphatic rings. The minimum absolute atomic E-state index is 0.154. The van der Waals surface area contributed by atoms with Crippen molar-refractivity contribution >= 4 is 5.97 Å². The van der Waals surface area contributed by atoms with Crippen molar-refractivity contribution < 1.29 is 15.0 Å². The van der Waals surface area contributed by atoms with Crippen LogP contribution in [0, 0.1) is 5.92 Å². The summed E-state index contributed by atoms with van der Waals surface area (Å²) in [5, 5.41) is 17.8. The molecule has 4 heteroatoms. The summed E-state index contributed by atoms with van der Waals surface area (Å²) in [5.41, 5.74) is 0. The maximum absolute atomic E-state index is 10.6. The third-order valence-corrected chi connectivity index (χ3v) is 2.78. The van der Waals surface area contributed by atoms with Gasteiger partial charge in [-0.05, 0) is 32.7 Å². The zero-order chi connectivity index (χ0) is 10.0. The zero-order valence-corrected chi connectivity index (χ0v) is 8.10. The summed E-state index contributed by atoms with van der Waals surface area (Å²) in [6.45, 7) is 2.45. The third kappa shape index (κ3) is 2.67. The van der Waals surface area contributed by atoms with Crippen molar-refractivity contribution in [2.24, 2.45) is 5.92 Å². The quantitative estimate of drug-likeness (QED) is 0.658. The number of carboxylic acids is 1. The maximum atomic E-state index is 10.6. The highest BCUT2D eigenvalue weighted by Crippen LogP contribution is 2.27. The summed E-state index contributed by atoms with van der Waals surface area (Å²) in [4.78, 5) is 12.4. The second kappa shape index (κ2) is 4.07. The fourth-order valence-electron chi connectivity index (χ4n) is 1.60. The van der Waals surface area contributed by atoms with Gasteiger partial charge < -0.3 is 10.2 Å². The smallest absolute Gasteiger partial charge is 0.320 e. The van der Waals surface area contributed by atoms with Gasteiger partial charge in [-0.3, -0.25) is 9.69 Å². The first-order valence-corrected chi connectivity index (χ1v) is 4.61. The number of carboxylic acid groups (broad SMARTS) is 1. The van der Waals surface area contributed by atoms with E-state index in [2.05, 4.69) is 0 Å². The molecule has 0 bridgehead atoms. The molecule has 1 saturated carbocycles. The van der Waals surface area contributed by atoms with Crippen LogP contribution in [0.15, 0.2) is 0 Å². The molecule has 0 heterocycles. The molecule has 0 aromatic carbocycles. The number of likely N-dealkylation sites (N-methyl/N-ethyl adjacent to an activating group) is 1. The summed E-state index contributed by atoms with van der Waals surface area (Å²) < 4.78 is 0. The van der Waals surface area contributed by atoms with E-state index in [0.29, 0.717) is 5.92 Å². The van der Waals surface area contributed by atoms with Gasteiger partial charge in [0, 0.05) is 6.54 Å². The van der Waals surface area contributed by atoms with E-state index >= 15 is 0 Å². The van der Waals surface area contributed by atoms with Crippen LogP contribution in [-0.4, -0.2) is 46.8 Å². The molecule has 0 radical (unpaired) electrons. The van der Waals surface area contributed by atoms with E-state index in [4.69, 9.17) is 10.2 Å². The summed E-state index contributed by atoms with van der Waals surface area (Å²) in [5.74, 6) is -0.316. The van der Waals surface area contributed by atoms with Crippen molar-refractivity contribution in [1.29, 1.82) is 0 Å². The molecule has 0 saturated heterocycles. The van der Waals surface area contributed by atoms with Gasteiger partial charge in [0.2, 0.25) is 0 Å². The largest absolute Gasteiger partial charge is 0.480 e. The molecule has 0 spiro atoms. The molecule has 0 aromatic heterocycles. The van der Waals surface area contributed by atoms with Crippen LogP contribution in [0.1, 0.15) is 19.8 Å². The molecule has 2 N–H and O–H groups in total. The van der Waals surface area contributed by atoms with E-state index in [1.807, 2.05) is 11.9 Å². The van der Waals surface area contributed by atoms with Crippen LogP contribution in [0.3, 0.4) is 0 Å². The van der Waals surface area contributed by atoms with Crippen molar-refractivity contribution in [3.05, 3.63) is 0 Å². The number of hydrogen-bond donors (Lipinski definition) is 2. The van der Waals surface area contributed by atoms with Crippen LogP contribution >= 0.6 is 0 Å². The lowest BCUT2D eigenvalue weighted by Gasteiger charge is -2.35. The van der Waals surface area contributed by atoms with Crippen molar-refractivity contribution in [1.82, 2.24) is 4.90 Å². The van der Waals surface area contributed by atoms with Gasteiger partial charge in [-0.15, -0.1) is 0 Å². The van der Waals surface area contributed by atoms with Crippen molar-refractivity contribution in [2.75, 3.05) is 13.6 Å². The topological polar surface area (TPSA) is 60.8 Å². The van der Waals surface area contributed by atoms with E-state index in [9.17, 15) is 4.79 Å². The first-order valence-electron chi connectivity index (χ1n) is 4.61. The summed E-state index contributed by atoms with van der Waals surface area (Å²) >= 11 is 0. The summed E-state index contributed by atoms with van der Waals surface area (Å²) in [6, 6.07) is -0.433. The van der Waals surface area contributed by atoms with Gasteiger partial charge >= 0.3 is 5.97 Å². The minimum Gasteiger partial charge on any atom is -0.480 e. The Morgan fingerprint density at radius 2 is 2.15 bits per heavy atom. The second-order valence-electron chi connectivity index (χ2n) is 3.95. The highest BCUT2D eigenvalue weighted by Gasteiger charge is 2.29. The highest BCUT2D eigenvalue weighted by atomic mass is 16.4. The average Bonchev–Trinajstić information content (AvgIpc) is 2.00. The SMILES string of the molecule is CC(C(=O)O)N(C)CC1CC(O)C1. The monoisotopic (exact) mass is 187 g/mol. The van der Waals surface area contributed by atoms with Crippen molar-refractivity contribution in [3.63, 3.8) is 0 Å². The average molecular weight is 187 g/mol. The van der Waals surface area contributed by atoms with Crippen LogP contribution in [0.5, 0.6) is 0 Å². The Balaban J connectivity index is 2.24. The Bertz CT molecular complexity index is 189. The highest BCUT2D eigenvalue weighted by molar-refractivity contribution is 5.72. The molecule has 76 valence electrons. The summed E-state index contributed by atoms with van der Waals surface area (Å²) in [7, 11) is 1.81. The Labute approximate surface area is 78.2 Å². The van der Waals surface area contributed by atoms with Crippen LogP contribution in [-0.2, 0) is 4.79 Å². The minimum atomic E-state index is -0.789. The Morgan fingerprint density at radius 3 is 2.54 bits per heavy atom. The number of nitrogens with zero attached hydrogens (tertiary/aromatic N) is 1. The standard InChI is InChI=1S/C9H17NO3/c1-6(9(12)13)10(2)5-7-3-8(11)4-7/h6-8,11H,3-5H2,1-2H3,(H,12,13). The molecule has 1 unspecified atom stereocenters. The second-order valence-corrected chi connectivity index (χ2v) is 3.95. The molecular formula is C9H17NO3. The normalized spacial score (nSPS) is 29.8. The van der Waals surface area contributed by atoms with Gasteiger partial charge in [-0.1, -0.05) is 0 Å². The number of hydrogen-bond acceptors (Lipinski definition) is 3. The first kappa shape index (κ1) is 10.5. The lowest BCUT2D eigenvalue weighted by Crippen LogP contribution is -2.43. The Hall–Kier alpha value is -0.610. The molecule has 1 atom stereocenters. The number of aliphatic hydroxyl groups is 1. The van der Waals surface area contributed by atoms with Crippen molar-refractivity contribution in [3.8, 4) is 0 Å². The van der Waals surface area contributed by atoms with Crippen LogP contribution in [0.4, 0.5) is 0 Å². The molecule has 1 aliphatic carbocycles. The van der Waals surface area contributed by atoms with Gasteiger partial charge in [-0.25, -0.2) is 0 Å². The molecule has 1 fully saturated rings. The fourth-order valence-corrected chi connectivity index (χ4v) is 1.60. The van der Waals surface area contributed by atoms with Gasteiger partial charge in [0.1, 0.15) is 6.04 Å². The lowest BCUT2D eigenvalue weighted by atomic mass is 9.82. The Morgan fingerprint density at radius 1 is 1.62 bits per heavy atom. The van der Waals surface area contributed by atoms with Crippen LogP contribution < -0.4 is 0 Å². The van der Waals surface area contributed by atoms with Gasteiger partial charge in [0.05, 0.1) is 6.10 Å². The first-order chi connectivity index (χ1) is 6.00. The number of rotatable bonds is 4. The van der Waals surface area contributed by atoms with Crippen LogP contribution in [0.2, 0.25) is 0 Å².